The number of ether oxygens (including phenoxy) is 1. The summed E-state index contributed by atoms with van der Waals surface area (Å²) in [6, 6.07) is 12.4. The highest BCUT2D eigenvalue weighted by Gasteiger charge is 2.61. The van der Waals surface area contributed by atoms with Crippen LogP contribution in [0.2, 0.25) is 0 Å². The smallest absolute Gasteiger partial charge is 0.404 e. The third-order valence-electron chi connectivity index (χ3n) is 7.86. The van der Waals surface area contributed by atoms with Gasteiger partial charge in [-0.1, -0.05) is 30.8 Å². The molecule has 158 valence electrons. The first-order valence-corrected chi connectivity index (χ1v) is 12.3. The molecule has 5 nitrogen and oxygen atoms in total. The highest BCUT2D eigenvalue weighted by Crippen LogP contribution is 2.65. The summed E-state index contributed by atoms with van der Waals surface area (Å²) < 4.78 is 34.5. The fraction of sp³-hybridized carbons (Fsp3) is 0.500. The van der Waals surface area contributed by atoms with Crippen molar-refractivity contribution < 1.29 is 22.9 Å². The largest absolute Gasteiger partial charge is 0.530 e. The van der Waals surface area contributed by atoms with E-state index in [9.17, 15) is 4.57 Å². The average Bonchev–Trinajstić information content (AvgIpc) is 3.16. The molecule has 5 aliphatic rings. The molecule has 5 fully saturated rings. The Kier molecular flexibility index (Phi) is 4.09. The Hall–Kier alpha value is -1.65. The molecular weight excluding hydrogens is 399 g/mol. The Morgan fingerprint density at radius 2 is 1.70 bits per heavy atom. The van der Waals surface area contributed by atoms with Gasteiger partial charge in [0.1, 0.15) is 5.75 Å². The molecule has 6 heteroatoms. The SMILES string of the molecule is C=C1C2(OC)CC3CC(C2)CC1(c1ccc2ccc(OP4(=O)OCCO4)cc2c1)C3. The van der Waals surface area contributed by atoms with Crippen LogP contribution in [0.4, 0.5) is 0 Å². The van der Waals surface area contributed by atoms with Crippen molar-refractivity contribution in [3.05, 3.63) is 54.1 Å². The van der Waals surface area contributed by atoms with Crippen LogP contribution in [0.5, 0.6) is 5.75 Å². The van der Waals surface area contributed by atoms with Gasteiger partial charge in [0, 0.05) is 12.5 Å². The molecule has 0 spiro atoms. The number of benzene rings is 2. The molecule has 2 aromatic carbocycles. The molecule has 2 aromatic rings. The Morgan fingerprint density at radius 1 is 1.00 bits per heavy atom. The summed E-state index contributed by atoms with van der Waals surface area (Å²) in [5.41, 5.74) is 2.39. The molecule has 1 saturated heterocycles. The molecule has 4 saturated carbocycles. The molecule has 4 bridgehead atoms. The molecule has 4 aliphatic carbocycles. The highest BCUT2D eigenvalue weighted by atomic mass is 31.2. The maximum Gasteiger partial charge on any atom is 0.530 e. The van der Waals surface area contributed by atoms with Gasteiger partial charge in [0.25, 0.3) is 0 Å². The summed E-state index contributed by atoms with van der Waals surface area (Å²) in [5.74, 6) is 1.91. The molecule has 30 heavy (non-hydrogen) atoms. The van der Waals surface area contributed by atoms with Crippen molar-refractivity contribution >= 4 is 18.6 Å². The molecule has 1 heterocycles. The molecule has 0 amide bonds. The van der Waals surface area contributed by atoms with Crippen molar-refractivity contribution in [3.8, 4) is 5.75 Å². The van der Waals surface area contributed by atoms with Crippen LogP contribution in [0, 0.1) is 11.8 Å². The second-order valence-corrected chi connectivity index (χ2v) is 11.1. The van der Waals surface area contributed by atoms with Crippen LogP contribution in [0.3, 0.4) is 0 Å². The van der Waals surface area contributed by atoms with E-state index in [-0.39, 0.29) is 11.0 Å². The number of fused-ring (bicyclic) bond motifs is 1. The van der Waals surface area contributed by atoms with Crippen LogP contribution >= 0.6 is 7.82 Å². The van der Waals surface area contributed by atoms with E-state index in [0.29, 0.717) is 30.8 Å². The van der Waals surface area contributed by atoms with Crippen LogP contribution in [0.1, 0.15) is 37.7 Å². The number of hydrogen-bond acceptors (Lipinski definition) is 5. The predicted molar refractivity (Wildman–Crippen MR) is 115 cm³/mol. The molecule has 2 unspecified atom stereocenters. The lowest BCUT2D eigenvalue weighted by Crippen LogP contribution is -2.59. The molecule has 7 rings (SSSR count). The number of phosphoric ester groups is 1. The number of rotatable bonds is 4. The van der Waals surface area contributed by atoms with Gasteiger partial charge in [-0.3, -0.25) is 9.05 Å². The Bertz CT molecular complexity index is 1070. The van der Waals surface area contributed by atoms with Crippen molar-refractivity contribution in [1.82, 2.24) is 0 Å². The zero-order valence-electron chi connectivity index (χ0n) is 17.3. The van der Waals surface area contributed by atoms with E-state index in [1.54, 1.807) is 0 Å². The fourth-order valence-electron chi connectivity index (χ4n) is 6.76. The van der Waals surface area contributed by atoms with Gasteiger partial charge >= 0.3 is 7.82 Å². The molecule has 1 aliphatic heterocycles. The minimum absolute atomic E-state index is 0.0183. The topological polar surface area (TPSA) is 54.0 Å². The minimum atomic E-state index is -3.48. The quantitative estimate of drug-likeness (QED) is 0.458. The van der Waals surface area contributed by atoms with E-state index in [2.05, 4.69) is 24.8 Å². The average molecular weight is 426 g/mol. The predicted octanol–water partition coefficient (Wildman–Crippen LogP) is 5.78. The van der Waals surface area contributed by atoms with Crippen LogP contribution < -0.4 is 4.52 Å². The van der Waals surface area contributed by atoms with E-state index < -0.39 is 7.82 Å². The summed E-state index contributed by atoms with van der Waals surface area (Å²) in [7, 11) is -1.63. The molecule has 2 atom stereocenters. The zero-order valence-corrected chi connectivity index (χ0v) is 18.2. The van der Waals surface area contributed by atoms with Crippen molar-refractivity contribution in [2.24, 2.45) is 11.8 Å². The summed E-state index contributed by atoms with van der Waals surface area (Å²) in [6.07, 6.45) is 5.86. The minimum Gasteiger partial charge on any atom is -0.404 e. The van der Waals surface area contributed by atoms with E-state index in [4.69, 9.17) is 18.3 Å². The van der Waals surface area contributed by atoms with E-state index in [0.717, 1.165) is 36.5 Å². The van der Waals surface area contributed by atoms with Gasteiger partial charge in [0.05, 0.1) is 18.8 Å². The first-order chi connectivity index (χ1) is 14.4. The second-order valence-electron chi connectivity index (χ2n) is 9.47. The third-order valence-corrected chi connectivity index (χ3v) is 9.29. The first-order valence-electron chi connectivity index (χ1n) is 10.8. The summed E-state index contributed by atoms with van der Waals surface area (Å²) in [5, 5.41) is 2.18. The zero-order chi connectivity index (χ0) is 20.6. The lowest BCUT2D eigenvalue weighted by atomic mass is 9.44. The normalized spacial score (nSPS) is 36.5. The number of phosphoric acid groups is 1. The number of hydrogen-bond donors (Lipinski definition) is 0. The van der Waals surface area contributed by atoms with Crippen LogP contribution in [-0.4, -0.2) is 25.9 Å². The Balaban J connectivity index is 1.41. The summed E-state index contributed by atoms with van der Waals surface area (Å²) in [6.45, 7) is 5.19. The van der Waals surface area contributed by atoms with Crippen LogP contribution in [0.25, 0.3) is 10.8 Å². The van der Waals surface area contributed by atoms with Crippen LogP contribution in [0.15, 0.2) is 48.6 Å². The maximum absolute atomic E-state index is 12.4. The lowest BCUT2D eigenvalue weighted by molar-refractivity contribution is -0.109. The summed E-state index contributed by atoms with van der Waals surface area (Å²) >= 11 is 0. The second kappa shape index (κ2) is 6.43. The Morgan fingerprint density at radius 3 is 2.40 bits per heavy atom. The summed E-state index contributed by atoms with van der Waals surface area (Å²) in [4.78, 5) is 0. The first kappa shape index (κ1) is 19.1. The van der Waals surface area contributed by atoms with Gasteiger partial charge in [-0.25, -0.2) is 4.57 Å². The number of methoxy groups -OCH3 is 1. The van der Waals surface area contributed by atoms with E-state index >= 15 is 0 Å². The van der Waals surface area contributed by atoms with Crippen LogP contribution in [-0.2, 0) is 23.8 Å². The fourth-order valence-corrected chi connectivity index (χ4v) is 7.91. The Labute approximate surface area is 177 Å². The molecule has 0 N–H and O–H groups in total. The van der Waals surface area contributed by atoms with Crippen molar-refractivity contribution in [2.45, 2.75) is 43.1 Å². The van der Waals surface area contributed by atoms with Gasteiger partial charge in [0.2, 0.25) is 0 Å². The van der Waals surface area contributed by atoms with Crippen molar-refractivity contribution in [2.75, 3.05) is 20.3 Å². The molecule has 0 radical (unpaired) electrons. The maximum atomic E-state index is 12.4. The molecule has 0 aromatic heterocycles. The monoisotopic (exact) mass is 426 g/mol. The third kappa shape index (κ3) is 2.69. The molecular formula is C24H27O5P. The standard InChI is InChI=1S/C24H27O5P/c1-16-23(12-17-9-18(13-23)15-24(16,14-17)26-2)21-5-3-19-4-6-22(11-20(19)10-21)29-30(25)27-7-8-28-30/h3-6,10-11,17-18H,1,7-9,12-15H2,2H3. The van der Waals surface area contributed by atoms with Crippen molar-refractivity contribution in [1.29, 1.82) is 0 Å². The van der Waals surface area contributed by atoms with Gasteiger partial charge < -0.3 is 9.26 Å². The van der Waals surface area contributed by atoms with E-state index in [1.807, 2.05) is 25.3 Å². The van der Waals surface area contributed by atoms with Gasteiger partial charge in [-0.05, 0) is 78.0 Å². The van der Waals surface area contributed by atoms with Gasteiger partial charge in [-0.2, -0.15) is 0 Å². The van der Waals surface area contributed by atoms with E-state index in [1.165, 1.54) is 17.6 Å². The van der Waals surface area contributed by atoms with Crippen molar-refractivity contribution in [3.63, 3.8) is 0 Å². The van der Waals surface area contributed by atoms with Gasteiger partial charge in [0.15, 0.2) is 0 Å². The van der Waals surface area contributed by atoms with Gasteiger partial charge in [-0.15, -0.1) is 0 Å². The highest BCUT2D eigenvalue weighted by molar-refractivity contribution is 7.49. The lowest BCUT2D eigenvalue weighted by Gasteiger charge is -2.63.